The van der Waals surface area contributed by atoms with E-state index >= 15 is 0 Å². The van der Waals surface area contributed by atoms with Crippen molar-refractivity contribution >= 4 is 0 Å². The summed E-state index contributed by atoms with van der Waals surface area (Å²) in [5.74, 6) is 4.96. The third kappa shape index (κ3) is 4.99. The fourth-order valence-corrected chi connectivity index (χ4v) is 5.20. The number of benzene rings is 2. The van der Waals surface area contributed by atoms with Crippen LogP contribution in [0.1, 0.15) is 87.8 Å². The summed E-state index contributed by atoms with van der Waals surface area (Å²) in [7, 11) is 0. The van der Waals surface area contributed by atoms with Crippen LogP contribution in [0.2, 0.25) is 0 Å². The summed E-state index contributed by atoms with van der Waals surface area (Å²) in [4.78, 5) is 0. The van der Waals surface area contributed by atoms with Crippen LogP contribution in [0.3, 0.4) is 0 Å². The summed E-state index contributed by atoms with van der Waals surface area (Å²) in [6, 6.07) is 15.5. The van der Waals surface area contributed by atoms with Gasteiger partial charge in [0, 0.05) is 23.0 Å². The molecule has 0 amide bonds. The van der Waals surface area contributed by atoms with Gasteiger partial charge in [-0.2, -0.15) is 0 Å². The van der Waals surface area contributed by atoms with Crippen molar-refractivity contribution in [3.05, 3.63) is 60.3 Å². The first kappa shape index (κ1) is 22.0. The number of nitrogens with zero attached hydrogens (tertiary/aromatic N) is 4. The zero-order chi connectivity index (χ0) is 23.5. The Kier molecular flexibility index (Phi) is 6.30. The van der Waals surface area contributed by atoms with E-state index in [1.807, 2.05) is 48.5 Å². The van der Waals surface area contributed by atoms with Crippen LogP contribution in [-0.2, 0) is 0 Å². The Labute approximate surface area is 204 Å². The number of hydrogen-bond acceptors (Lipinski definition) is 7. The Morgan fingerprint density at radius 2 is 0.914 bits per heavy atom. The fourth-order valence-electron chi connectivity index (χ4n) is 5.20. The molecular weight excluding hydrogens is 440 g/mol. The van der Waals surface area contributed by atoms with Crippen molar-refractivity contribution in [2.75, 3.05) is 0 Å². The standard InChI is InChI=1S/C28H30N4O3/c1-3-7-19(8-4-1)25-29-31-27(34-25)21-11-15-23(16-12-21)33-24-17-13-22(14-18-24)28-32-30-26(35-28)20-9-5-2-6-10-20/h11-20H,1-10H2. The summed E-state index contributed by atoms with van der Waals surface area (Å²) in [6.45, 7) is 0. The lowest BCUT2D eigenvalue weighted by Gasteiger charge is -2.17. The minimum absolute atomic E-state index is 0.404. The van der Waals surface area contributed by atoms with Gasteiger partial charge in [-0.3, -0.25) is 0 Å². The van der Waals surface area contributed by atoms with Crippen LogP contribution >= 0.6 is 0 Å². The average Bonchev–Trinajstić information content (AvgIpc) is 3.62. The van der Waals surface area contributed by atoms with E-state index < -0.39 is 0 Å². The van der Waals surface area contributed by atoms with E-state index in [1.54, 1.807) is 0 Å². The molecule has 7 nitrogen and oxygen atoms in total. The molecule has 2 aliphatic rings. The molecule has 0 bridgehead atoms. The normalized spacial score (nSPS) is 17.5. The van der Waals surface area contributed by atoms with E-state index in [1.165, 1.54) is 38.5 Å². The molecule has 0 spiro atoms. The monoisotopic (exact) mass is 470 g/mol. The molecule has 2 fully saturated rings. The summed E-state index contributed by atoms with van der Waals surface area (Å²) in [5, 5.41) is 17.1. The van der Waals surface area contributed by atoms with Crippen LogP contribution in [-0.4, -0.2) is 20.4 Å². The Bertz CT molecular complexity index is 1140. The molecule has 2 aliphatic carbocycles. The second kappa shape index (κ2) is 10.0. The van der Waals surface area contributed by atoms with Crippen molar-refractivity contribution < 1.29 is 13.6 Å². The summed E-state index contributed by atoms with van der Waals surface area (Å²) >= 11 is 0. The molecule has 0 radical (unpaired) electrons. The predicted octanol–water partition coefficient (Wildman–Crippen LogP) is 7.67. The van der Waals surface area contributed by atoms with Crippen LogP contribution in [0.4, 0.5) is 0 Å². The maximum Gasteiger partial charge on any atom is 0.247 e. The highest BCUT2D eigenvalue weighted by Crippen LogP contribution is 2.35. The Hall–Kier alpha value is -3.48. The molecule has 2 heterocycles. The van der Waals surface area contributed by atoms with E-state index in [-0.39, 0.29) is 0 Å². The third-order valence-electron chi connectivity index (χ3n) is 7.23. The highest BCUT2D eigenvalue weighted by atomic mass is 16.5. The van der Waals surface area contributed by atoms with Crippen LogP contribution < -0.4 is 4.74 Å². The number of aromatic nitrogens is 4. The van der Waals surface area contributed by atoms with Crippen molar-refractivity contribution in [3.8, 4) is 34.4 Å². The SMILES string of the molecule is c1cc(-c2nnc(C3CCCCC3)o2)ccc1Oc1ccc(-c2nnc(C3CCCCC3)o2)cc1. The largest absolute Gasteiger partial charge is 0.457 e. The molecular formula is C28H30N4O3. The first-order valence-electron chi connectivity index (χ1n) is 12.9. The van der Waals surface area contributed by atoms with Crippen LogP contribution in [0.25, 0.3) is 22.9 Å². The zero-order valence-corrected chi connectivity index (χ0v) is 19.9. The van der Waals surface area contributed by atoms with Crippen molar-refractivity contribution in [2.24, 2.45) is 0 Å². The fraction of sp³-hybridized carbons (Fsp3) is 0.429. The van der Waals surface area contributed by atoms with Crippen LogP contribution in [0.5, 0.6) is 11.5 Å². The lowest BCUT2D eigenvalue weighted by atomic mass is 9.89. The van der Waals surface area contributed by atoms with Gasteiger partial charge in [-0.1, -0.05) is 38.5 Å². The van der Waals surface area contributed by atoms with Crippen LogP contribution in [0, 0.1) is 0 Å². The van der Waals surface area contributed by atoms with Gasteiger partial charge in [0.2, 0.25) is 23.6 Å². The molecule has 0 atom stereocenters. The first-order valence-corrected chi connectivity index (χ1v) is 12.9. The molecule has 4 aromatic rings. The van der Waals surface area contributed by atoms with E-state index in [4.69, 9.17) is 13.6 Å². The van der Waals surface area contributed by atoms with Gasteiger partial charge < -0.3 is 13.6 Å². The van der Waals surface area contributed by atoms with Crippen molar-refractivity contribution in [1.82, 2.24) is 20.4 Å². The molecule has 180 valence electrons. The molecule has 0 N–H and O–H groups in total. The number of ether oxygens (including phenoxy) is 1. The molecule has 2 aromatic carbocycles. The molecule has 0 aliphatic heterocycles. The lowest BCUT2D eigenvalue weighted by molar-refractivity contribution is 0.367. The quantitative estimate of drug-likeness (QED) is 0.286. The van der Waals surface area contributed by atoms with Gasteiger partial charge in [-0.05, 0) is 74.2 Å². The number of hydrogen-bond donors (Lipinski definition) is 0. The molecule has 7 heteroatoms. The Balaban J connectivity index is 1.09. The molecule has 35 heavy (non-hydrogen) atoms. The van der Waals surface area contributed by atoms with Crippen LogP contribution in [0.15, 0.2) is 57.4 Å². The second-order valence-corrected chi connectivity index (χ2v) is 9.71. The highest BCUT2D eigenvalue weighted by molar-refractivity contribution is 5.56. The summed E-state index contributed by atoms with van der Waals surface area (Å²) in [5.41, 5.74) is 1.79. The molecule has 2 aromatic heterocycles. The first-order chi connectivity index (χ1) is 17.3. The van der Waals surface area contributed by atoms with Gasteiger partial charge in [0.15, 0.2) is 0 Å². The van der Waals surface area contributed by atoms with Gasteiger partial charge in [-0.15, -0.1) is 20.4 Å². The van der Waals surface area contributed by atoms with Gasteiger partial charge in [0.1, 0.15) is 11.5 Å². The molecule has 0 saturated heterocycles. The zero-order valence-electron chi connectivity index (χ0n) is 19.9. The maximum absolute atomic E-state index is 6.03. The molecule has 2 saturated carbocycles. The maximum atomic E-state index is 6.03. The van der Waals surface area contributed by atoms with Gasteiger partial charge in [-0.25, -0.2) is 0 Å². The number of rotatable bonds is 6. The van der Waals surface area contributed by atoms with Gasteiger partial charge >= 0.3 is 0 Å². The third-order valence-corrected chi connectivity index (χ3v) is 7.23. The highest BCUT2D eigenvalue weighted by Gasteiger charge is 2.23. The minimum Gasteiger partial charge on any atom is -0.457 e. The Morgan fingerprint density at radius 1 is 0.514 bits per heavy atom. The predicted molar refractivity (Wildman–Crippen MR) is 131 cm³/mol. The molecule has 0 unspecified atom stereocenters. The smallest absolute Gasteiger partial charge is 0.247 e. The van der Waals surface area contributed by atoms with E-state index in [0.29, 0.717) is 23.6 Å². The summed E-state index contributed by atoms with van der Waals surface area (Å²) < 4.78 is 18.0. The van der Waals surface area contributed by atoms with E-state index in [0.717, 1.165) is 60.1 Å². The average molecular weight is 471 g/mol. The van der Waals surface area contributed by atoms with Crippen molar-refractivity contribution in [1.29, 1.82) is 0 Å². The Morgan fingerprint density at radius 3 is 1.31 bits per heavy atom. The second-order valence-electron chi connectivity index (χ2n) is 9.71. The minimum atomic E-state index is 0.404. The van der Waals surface area contributed by atoms with E-state index in [2.05, 4.69) is 20.4 Å². The van der Waals surface area contributed by atoms with E-state index in [9.17, 15) is 0 Å². The summed E-state index contributed by atoms with van der Waals surface area (Å²) in [6.07, 6.45) is 12.1. The topological polar surface area (TPSA) is 87.1 Å². The van der Waals surface area contributed by atoms with Gasteiger partial charge in [0.05, 0.1) is 0 Å². The molecule has 6 rings (SSSR count). The van der Waals surface area contributed by atoms with Crippen molar-refractivity contribution in [3.63, 3.8) is 0 Å². The van der Waals surface area contributed by atoms with Crippen molar-refractivity contribution in [2.45, 2.75) is 76.0 Å². The lowest BCUT2D eigenvalue weighted by Crippen LogP contribution is -2.04. The van der Waals surface area contributed by atoms with Gasteiger partial charge in [0.25, 0.3) is 0 Å².